The van der Waals surface area contributed by atoms with Gasteiger partial charge in [0.1, 0.15) is 6.04 Å². The van der Waals surface area contributed by atoms with Crippen LogP contribution < -0.4 is 10.6 Å². The maximum absolute atomic E-state index is 11.6. The van der Waals surface area contributed by atoms with Crippen LogP contribution in [0, 0.1) is 5.92 Å². The van der Waals surface area contributed by atoms with E-state index in [0.29, 0.717) is 19.5 Å². The number of carbonyl (C=O) groups is 2. The van der Waals surface area contributed by atoms with Gasteiger partial charge >= 0.3 is 12.0 Å². The van der Waals surface area contributed by atoms with Crippen molar-refractivity contribution in [2.24, 2.45) is 5.92 Å². The van der Waals surface area contributed by atoms with E-state index >= 15 is 0 Å². The van der Waals surface area contributed by atoms with E-state index in [0.717, 1.165) is 6.42 Å². The first-order valence-electron chi connectivity index (χ1n) is 6.79. The molecule has 20 heavy (non-hydrogen) atoms. The first-order valence-corrected chi connectivity index (χ1v) is 6.79. The van der Waals surface area contributed by atoms with Gasteiger partial charge in [0.15, 0.2) is 0 Å². The Balaban J connectivity index is 2.26. The van der Waals surface area contributed by atoms with E-state index in [1.54, 1.807) is 17.8 Å². The molecule has 3 N–H and O–H groups in total. The van der Waals surface area contributed by atoms with Crippen LogP contribution in [0.2, 0.25) is 0 Å². The van der Waals surface area contributed by atoms with Crippen molar-refractivity contribution in [3.8, 4) is 0 Å². The zero-order valence-corrected chi connectivity index (χ0v) is 11.9. The number of rotatable bonds is 8. The lowest BCUT2D eigenvalue weighted by atomic mass is 9.99. The van der Waals surface area contributed by atoms with Gasteiger partial charge in [-0.3, -0.25) is 4.68 Å². The highest BCUT2D eigenvalue weighted by Gasteiger charge is 2.24. The number of hydrogen-bond acceptors (Lipinski definition) is 3. The largest absolute Gasteiger partial charge is 0.480 e. The quantitative estimate of drug-likeness (QED) is 0.621. The minimum Gasteiger partial charge on any atom is -0.480 e. The molecule has 0 aliphatic heterocycles. The summed E-state index contributed by atoms with van der Waals surface area (Å²) < 4.78 is 1.78. The number of aliphatic carboxylic acids is 1. The number of aryl methyl sites for hydroxylation is 1. The second kappa shape index (κ2) is 8.19. The third-order valence-electron chi connectivity index (χ3n) is 3.17. The van der Waals surface area contributed by atoms with Gasteiger partial charge in [0, 0.05) is 25.5 Å². The summed E-state index contributed by atoms with van der Waals surface area (Å²) >= 11 is 0. The number of nitrogens with one attached hydrogen (secondary N) is 2. The van der Waals surface area contributed by atoms with Crippen LogP contribution in [0.1, 0.15) is 26.7 Å². The fraction of sp³-hybridized carbons (Fsp3) is 0.615. The molecule has 2 atom stereocenters. The van der Waals surface area contributed by atoms with Crippen molar-refractivity contribution in [3.63, 3.8) is 0 Å². The number of amides is 2. The van der Waals surface area contributed by atoms with Crippen molar-refractivity contribution in [2.75, 3.05) is 6.54 Å². The number of aromatic nitrogens is 2. The molecule has 1 rings (SSSR count). The Kier molecular flexibility index (Phi) is 6.55. The number of carboxylic acids is 1. The molecule has 1 heterocycles. The van der Waals surface area contributed by atoms with Crippen molar-refractivity contribution in [1.82, 2.24) is 20.4 Å². The highest BCUT2D eigenvalue weighted by molar-refractivity contribution is 5.82. The Morgan fingerprint density at radius 2 is 2.20 bits per heavy atom. The van der Waals surface area contributed by atoms with Crippen LogP contribution in [0.15, 0.2) is 18.5 Å². The summed E-state index contributed by atoms with van der Waals surface area (Å²) in [5.41, 5.74) is 0. The summed E-state index contributed by atoms with van der Waals surface area (Å²) in [5, 5.41) is 18.3. The minimum absolute atomic E-state index is 0.109. The topological polar surface area (TPSA) is 96.3 Å². The summed E-state index contributed by atoms with van der Waals surface area (Å²) in [6, 6.07) is 0.535. The molecule has 7 nitrogen and oxygen atoms in total. The van der Waals surface area contributed by atoms with Gasteiger partial charge in [0.25, 0.3) is 0 Å². The zero-order valence-electron chi connectivity index (χ0n) is 11.9. The molecule has 2 amide bonds. The molecule has 0 saturated carbocycles. The summed E-state index contributed by atoms with van der Waals surface area (Å²) in [7, 11) is 0. The molecular formula is C13H22N4O3. The Bertz CT molecular complexity index is 419. The maximum atomic E-state index is 11.6. The lowest BCUT2D eigenvalue weighted by Crippen LogP contribution is -2.49. The van der Waals surface area contributed by atoms with Crippen LogP contribution in [0.5, 0.6) is 0 Å². The first kappa shape index (κ1) is 16.0. The minimum atomic E-state index is -1.01. The molecule has 0 fully saturated rings. The van der Waals surface area contributed by atoms with Gasteiger partial charge < -0.3 is 15.7 Å². The highest BCUT2D eigenvalue weighted by atomic mass is 16.4. The third-order valence-corrected chi connectivity index (χ3v) is 3.17. The molecule has 0 aromatic carbocycles. The average molecular weight is 282 g/mol. The normalized spacial score (nSPS) is 13.5. The second-order valence-electron chi connectivity index (χ2n) is 4.72. The lowest BCUT2D eigenvalue weighted by molar-refractivity contribution is -0.140. The van der Waals surface area contributed by atoms with Crippen molar-refractivity contribution < 1.29 is 14.7 Å². The molecule has 2 unspecified atom stereocenters. The molecule has 0 saturated heterocycles. The van der Waals surface area contributed by atoms with Crippen molar-refractivity contribution >= 4 is 12.0 Å². The van der Waals surface area contributed by atoms with E-state index < -0.39 is 18.0 Å². The molecule has 1 aromatic rings. The number of nitrogens with zero attached hydrogens (tertiary/aromatic N) is 2. The monoisotopic (exact) mass is 282 g/mol. The van der Waals surface area contributed by atoms with Crippen molar-refractivity contribution in [2.45, 2.75) is 39.3 Å². The van der Waals surface area contributed by atoms with E-state index in [4.69, 9.17) is 5.11 Å². The van der Waals surface area contributed by atoms with Gasteiger partial charge in [-0.1, -0.05) is 20.3 Å². The molecule has 7 heteroatoms. The maximum Gasteiger partial charge on any atom is 0.326 e. The summed E-state index contributed by atoms with van der Waals surface area (Å²) in [4.78, 5) is 22.7. The fourth-order valence-electron chi connectivity index (χ4n) is 1.75. The molecule has 0 aliphatic rings. The van der Waals surface area contributed by atoms with E-state index in [2.05, 4.69) is 15.7 Å². The van der Waals surface area contributed by atoms with Crippen LogP contribution in [-0.4, -0.2) is 39.5 Å². The third kappa shape index (κ3) is 5.29. The number of hydrogen-bond donors (Lipinski definition) is 3. The number of carboxylic acid groups (broad SMARTS) is 1. The van der Waals surface area contributed by atoms with Crippen LogP contribution in [0.25, 0.3) is 0 Å². The van der Waals surface area contributed by atoms with Gasteiger partial charge in [-0.25, -0.2) is 9.59 Å². The Hall–Kier alpha value is -2.05. The predicted molar refractivity (Wildman–Crippen MR) is 74.3 cm³/mol. The van der Waals surface area contributed by atoms with E-state index in [1.165, 1.54) is 0 Å². The summed E-state index contributed by atoms with van der Waals surface area (Å²) in [6.45, 7) is 4.88. The first-order chi connectivity index (χ1) is 9.54. The van der Waals surface area contributed by atoms with Crippen LogP contribution in [-0.2, 0) is 11.3 Å². The molecule has 0 bridgehead atoms. The average Bonchev–Trinajstić information content (AvgIpc) is 2.93. The fourth-order valence-corrected chi connectivity index (χ4v) is 1.75. The second-order valence-corrected chi connectivity index (χ2v) is 4.72. The van der Waals surface area contributed by atoms with Crippen molar-refractivity contribution in [3.05, 3.63) is 18.5 Å². The van der Waals surface area contributed by atoms with Crippen LogP contribution in [0.3, 0.4) is 0 Å². The standard InChI is InChI=1S/C13H22N4O3/c1-3-10(2)11(12(18)19)16-13(20)14-6-4-8-17-9-5-7-15-17/h5,7,9-11H,3-4,6,8H2,1-2H3,(H,18,19)(H2,14,16,20). The van der Waals surface area contributed by atoms with E-state index in [1.807, 2.05) is 19.2 Å². The zero-order chi connectivity index (χ0) is 15.0. The van der Waals surface area contributed by atoms with Crippen molar-refractivity contribution in [1.29, 1.82) is 0 Å². The summed E-state index contributed by atoms with van der Waals surface area (Å²) in [6.07, 6.45) is 4.97. The van der Waals surface area contributed by atoms with E-state index in [-0.39, 0.29) is 5.92 Å². The van der Waals surface area contributed by atoms with Crippen LogP contribution in [0.4, 0.5) is 4.79 Å². The SMILES string of the molecule is CCC(C)C(NC(=O)NCCCn1cccn1)C(=O)O. The lowest BCUT2D eigenvalue weighted by Gasteiger charge is -2.20. The molecule has 0 aliphatic carbocycles. The molecule has 0 radical (unpaired) electrons. The van der Waals surface area contributed by atoms with Gasteiger partial charge in [-0.15, -0.1) is 0 Å². The highest BCUT2D eigenvalue weighted by Crippen LogP contribution is 2.07. The molecule has 0 spiro atoms. The molecule has 112 valence electrons. The number of urea groups is 1. The number of carbonyl (C=O) groups excluding carboxylic acids is 1. The van der Waals surface area contributed by atoms with Gasteiger partial charge in [-0.2, -0.15) is 5.10 Å². The smallest absolute Gasteiger partial charge is 0.326 e. The van der Waals surface area contributed by atoms with E-state index in [9.17, 15) is 9.59 Å². The molecule has 1 aromatic heterocycles. The van der Waals surface area contributed by atoms with Gasteiger partial charge in [0.05, 0.1) is 0 Å². The Morgan fingerprint density at radius 3 is 2.75 bits per heavy atom. The molecular weight excluding hydrogens is 260 g/mol. The Morgan fingerprint density at radius 1 is 1.45 bits per heavy atom. The van der Waals surface area contributed by atoms with Gasteiger partial charge in [-0.05, 0) is 18.4 Å². The Labute approximate surface area is 118 Å². The predicted octanol–water partition coefficient (Wildman–Crippen LogP) is 1.07. The summed E-state index contributed by atoms with van der Waals surface area (Å²) in [5.74, 6) is -1.12. The van der Waals surface area contributed by atoms with Crippen LogP contribution >= 0.6 is 0 Å². The van der Waals surface area contributed by atoms with Gasteiger partial charge in [0.2, 0.25) is 0 Å².